The zero-order chi connectivity index (χ0) is 14.0. The van der Waals surface area contributed by atoms with E-state index in [1.165, 1.54) is 17.8 Å². The average Bonchev–Trinajstić information content (AvgIpc) is 2.65. The van der Waals surface area contributed by atoms with Gasteiger partial charge in [-0.15, -0.1) is 0 Å². The second-order valence-corrected chi connectivity index (χ2v) is 6.88. The van der Waals surface area contributed by atoms with Gasteiger partial charge in [-0.2, -0.15) is 0 Å². The van der Waals surface area contributed by atoms with Gasteiger partial charge < -0.3 is 4.57 Å². The van der Waals surface area contributed by atoms with Gasteiger partial charge in [-0.3, -0.25) is 0 Å². The molecule has 104 valence electrons. The fourth-order valence-electron chi connectivity index (χ4n) is 2.38. The maximum Gasteiger partial charge on any atom is 0.110 e. The molecule has 2 nitrogen and oxygen atoms in total. The molecule has 1 aromatic carbocycles. The zero-order valence-corrected chi connectivity index (χ0v) is 12.9. The minimum atomic E-state index is 0.272. The van der Waals surface area contributed by atoms with Crippen LogP contribution in [0, 0.1) is 11.3 Å². The molecule has 0 saturated carbocycles. The second-order valence-electron chi connectivity index (χ2n) is 6.88. The van der Waals surface area contributed by atoms with Gasteiger partial charge in [0.05, 0.1) is 11.0 Å². The van der Waals surface area contributed by atoms with Crippen LogP contribution in [0.25, 0.3) is 11.0 Å². The molecule has 1 unspecified atom stereocenters. The normalized spacial score (nSPS) is 13.9. The van der Waals surface area contributed by atoms with E-state index in [0.717, 1.165) is 18.5 Å². The van der Waals surface area contributed by atoms with Crippen molar-refractivity contribution in [2.45, 2.75) is 54.0 Å². The van der Waals surface area contributed by atoms with Crippen LogP contribution in [0.4, 0.5) is 0 Å². The predicted molar refractivity (Wildman–Crippen MR) is 82.3 cm³/mol. The SMILES string of the molecule is CCC(C)Cn1c(CC(C)(C)C)nc2ccccc21. The van der Waals surface area contributed by atoms with Crippen LogP contribution in [0.15, 0.2) is 24.3 Å². The van der Waals surface area contributed by atoms with E-state index >= 15 is 0 Å². The highest BCUT2D eigenvalue weighted by molar-refractivity contribution is 5.75. The van der Waals surface area contributed by atoms with E-state index in [0.29, 0.717) is 5.92 Å². The van der Waals surface area contributed by atoms with E-state index in [-0.39, 0.29) is 5.41 Å². The van der Waals surface area contributed by atoms with Crippen molar-refractivity contribution < 1.29 is 0 Å². The third-order valence-electron chi connectivity index (χ3n) is 3.61. The molecular weight excluding hydrogens is 232 g/mol. The van der Waals surface area contributed by atoms with Gasteiger partial charge in [-0.05, 0) is 23.5 Å². The molecule has 0 radical (unpaired) electrons. The number of para-hydroxylation sites is 2. The first-order valence-corrected chi connectivity index (χ1v) is 7.35. The van der Waals surface area contributed by atoms with Crippen molar-refractivity contribution in [2.24, 2.45) is 11.3 Å². The number of imidazole rings is 1. The molecule has 2 heteroatoms. The van der Waals surface area contributed by atoms with E-state index in [2.05, 4.69) is 63.5 Å². The Morgan fingerprint density at radius 2 is 1.89 bits per heavy atom. The molecule has 0 aliphatic rings. The van der Waals surface area contributed by atoms with Crippen LogP contribution < -0.4 is 0 Å². The van der Waals surface area contributed by atoms with Gasteiger partial charge in [-0.25, -0.2) is 4.98 Å². The van der Waals surface area contributed by atoms with Crippen LogP contribution in [0.3, 0.4) is 0 Å². The fraction of sp³-hybridized carbons (Fsp3) is 0.588. The summed E-state index contributed by atoms with van der Waals surface area (Å²) >= 11 is 0. The summed E-state index contributed by atoms with van der Waals surface area (Å²) in [6.45, 7) is 12.5. The molecule has 1 atom stereocenters. The number of hydrogen-bond donors (Lipinski definition) is 0. The highest BCUT2D eigenvalue weighted by atomic mass is 15.1. The van der Waals surface area contributed by atoms with Gasteiger partial charge in [0.2, 0.25) is 0 Å². The molecule has 0 spiro atoms. The molecular formula is C17H26N2. The largest absolute Gasteiger partial charge is 0.328 e. The molecule has 0 aliphatic heterocycles. The number of nitrogens with zero attached hydrogens (tertiary/aromatic N) is 2. The summed E-state index contributed by atoms with van der Waals surface area (Å²) in [5.41, 5.74) is 2.68. The summed E-state index contributed by atoms with van der Waals surface area (Å²) in [6.07, 6.45) is 2.24. The standard InChI is InChI=1S/C17H26N2/c1-6-13(2)12-19-15-10-8-7-9-14(15)18-16(19)11-17(3,4)5/h7-10,13H,6,11-12H2,1-5H3. The van der Waals surface area contributed by atoms with Gasteiger partial charge in [0.1, 0.15) is 5.82 Å². The highest BCUT2D eigenvalue weighted by Gasteiger charge is 2.18. The molecule has 2 rings (SSSR count). The number of hydrogen-bond acceptors (Lipinski definition) is 1. The molecule has 0 aliphatic carbocycles. The van der Waals surface area contributed by atoms with Crippen molar-refractivity contribution in [3.05, 3.63) is 30.1 Å². The number of aromatic nitrogens is 2. The fourth-order valence-corrected chi connectivity index (χ4v) is 2.38. The first-order chi connectivity index (χ1) is 8.90. The van der Waals surface area contributed by atoms with Gasteiger partial charge >= 0.3 is 0 Å². The van der Waals surface area contributed by atoms with E-state index in [1.807, 2.05) is 0 Å². The van der Waals surface area contributed by atoms with Crippen LogP contribution in [-0.2, 0) is 13.0 Å². The van der Waals surface area contributed by atoms with Gasteiger partial charge in [0.15, 0.2) is 0 Å². The maximum absolute atomic E-state index is 4.85. The summed E-state index contributed by atoms with van der Waals surface area (Å²) in [5, 5.41) is 0. The molecule has 2 aromatic rings. The number of fused-ring (bicyclic) bond motifs is 1. The highest BCUT2D eigenvalue weighted by Crippen LogP contribution is 2.25. The van der Waals surface area contributed by atoms with Crippen molar-refractivity contribution >= 4 is 11.0 Å². The molecule has 1 aromatic heterocycles. The lowest BCUT2D eigenvalue weighted by Crippen LogP contribution is -2.16. The first-order valence-electron chi connectivity index (χ1n) is 7.35. The molecule has 19 heavy (non-hydrogen) atoms. The van der Waals surface area contributed by atoms with Crippen LogP contribution in [0.5, 0.6) is 0 Å². The Balaban J connectivity index is 2.45. The molecule has 0 fully saturated rings. The van der Waals surface area contributed by atoms with Crippen molar-refractivity contribution in [3.63, 3.8) is 0 Å². The molecule has 0 N–H and O–H groups in total. The Labute approximate surface area is 116 Å². The maximum atomic E-state index is 4.85. The lowest BCUT2D eigenvalue weighted by molar-refractivity contribution is 0.381. The Morgan fingerprint density at radius 3 is 2.53 bits per heavy atom. The molecule has 0 amide bonds. The summed E-state index contributed by atoms with van der Waals surface area (Å²) in [5.74, 6) is 1.92. The molecule has 0 saturated heterocycles. The summed E-state index contributed by atoms with van der Waals surface area (Å²) in [6, 6.07) is 8.49. The van der Waals surface area contributed by atoms with Gasteiger partial charge in [-0.1, -0.05) is 53.2 Å². The number of benzene rings is 1. The smallest absolute Gasteiger partial charge is 0.110 e. The second kappa shape index (κ2) is 5.36. The minimum absolute atomic E-state index is 0.272. The van der Waals surface area contributed by atoms with Crippen molar-refractivity contribution in [1.82, 2.24) is 9.55 Å². The monoisotopic (exact) mass is 258 g/mol. The zero-order valence-electron chi connectivity index (χ0n) is 12.9. The topological polar surface area (TPSA) is 17.8 Å². The molecule has 0 bridgehead atoms. The Bertz CT molecular complexity index is 546. The van der Waals surface area contributed by atoms with Crippen LogP contribution in [0.2, 0.25) is 0 Å². The van der Waals surface area contributed by atoms with E-state index in [1.54, 1.807) is 0 Å². The lowest BCUT2D eigenvalue weighted by Gasteiger charge is -2.20. The summed E-state index contributed by atoms with van der Waals surface area (Å²) in [7, 11) is 0. The third-order valence-corrected chi connectivity index (χ3v) is 3.61. The van der Waals surface area contributed by atoms with Crippen LogP contribution >= 0.6 is 0 Å². The van der Waals surface area contributed by atoms with Crippen LogP contribution in [-0.4, -0.2) is 9.55 Å². The van der Waals surface area contributed by atoms with Gasteiger partial charge in [0, 0.05) is 13.0 Å². The first kappa shape index (κ1) is 14.1. The Kier molecular flexibility index (Phi) is 3.98. The third kappa shape index (κ3) is 3.37. The van der Waals surface area contributed by atoms with Crippen LogP contribution in [0.1, 0.15) is 46.9 Å². The minimum Gasteiger partial charge on any atom is -0.328 e. The summed E-state index contributed by atoms with van der Waals surface area (Å²) < 4.78 is 2.43. The molecule has 1 heterocycles. The number of rotatable bonds is 4. The van der Waals surface area contributed by atoms with E-state index in [9.17, 15) is 0 Å². The average molecular weight is 258 g/mol. The van der Waals surface area contributed by atoms with Crippen molar-refractivity contribution in [2.75, 3.05) is 0 Å². The van der Waals surface area contributed by atoms with Gasteiger partial charge in [0.25, 0.3) is 0 Å². The Hall–Kier alpha value is -1.31. The van der Waals surface area contributed by atoms with E-state index < -0.39 is 0 Å². The lowest BCUT2D eigenvalue weighted by atomic mass is 9.92. The Morgan fingerprint density at radius 1 is 1.21 bits per heavy atom. The predicted octanol–water partition coefficient (Wildman–Crippen LogP) is 4.67. The summed E-state index contributed by atoms with van der Waals surface area (Å²) in [4.78, 5) is 4.85. The quantitative estimate of drug-likeness (QED) is 0.779. The van der Waals surface area contributed by atoms with E-state index in [4.69, 9.17) is 4.98 Å². The van der Waals surface area contributed by atoms with Crippen molar-refractivity contribution in [1.29, 1.82) is 0 Å². The van der Waals surface area contributed by atoms with Crippen molar-refractivity contribution in [3.8, 4) is 0 Å².